The van der Waals surface area contributed by atoms with Crippen LogP contribution in [-0.2, 0) is 4.74 Å². The summed E-state index contributed by atoms with van der Waals surface area (Å²) in [6.07, 6.45) is 3.59. The van der Waals surface area contributed by atoms with Crippen molar-refractivity contribution in [2.24, 2.45) is 0 Å². The van der Waals surface area contributed by atoms with Crippen LogP contribution in [0.1, 0.15) is 44.7 Å². The molecule has 2 atom stereocenters. The van der Waals surface area contributed by atoms with Crippen LogP contribution in [0.3, 0.4) is 0 Å². The molecule has 0 bridgehead atoms. The van der Waals surface area contributed by atoms with Crippen LogP contribution in [0.4, 0.5) is 5.69 Å². The number of hydrogen-bond acceptors (Lipinski definition) is 3. The Kier molecular flexibility index (Phi) is 7.96. The second-order valence-corrected chi connectivity index (χ2v) is 8.50. The molecule has 0 amide bonds. The van der Waals surface area contributed by atoms with Crippen LogP contribution in [0.15, 0.2) is 24.3 Å². The highest BCUT2D eigenvalue weighted by Gasteiger charge is 2.34. The molecular formula is C18H27Cl3N2O. The Labute approximate surface area is 160 Å². The van der Waals surface area contributed by atoms with Crippen LogP contribution in [0.5, 0.6) is 0 Å². The summed E-state index contributed by atoms with van der Waals surface area (Å²) >= 11 is 18.7. The minimum atomic E-state index is -1.41. The number of halogens is 3. The fraction of sp³-hybridized carbons (Fsp3) is 0.667. The molecule has 1 N–H and O–H groups in total. The van der Waals surface area contributed by atoms with Crippen molar-refractivity contribution >= 4 is 40.5 Å². The Morgan fingerprint density at radius 3 is 2.33 bits per heavy atom. The molecule has 0 unspecified atom stereocenters. The van der Waals surface area contributed by atoms with Gasteiger partial charge in [0.05, 0.1) is 12.1 Å². The molecule has 136 valence electrons. The normalized spacial score (nSPS) is 20.0. The van der Waals surface area contributed by atoms with Crippen molar-refractivity contribution in [2.45, 2.75) is 49.0 Å². The maximum atomic E-state index is 6.23. The fourth-order valence-electron chi connectivity index (χ4n) is 3.11. The lowest BCUT2D eigenvalue weighted by Gasteiger charge is -2.30. The Morgan fingerprint density at radius 2 is 1.83 bits per heavy atom. The second-order valence-electron chi connectivity index (χ2n) is 6.14. The number of ether oxygens (including phenoxy) is 1. The molecule has 0 aromatic heterocycles. The van der Waals surface area contributed by atoms with Crippen LogP contribution in [0, 0.1) is 0 Å². The van der Waals surface area contributed by atoms with E-state index in [1.807, 2.05) is 12.1 Å². The van der Waals surface area contributed by atoms with Gasteiger partial charge in [0.15, 0.2) is 0 Å². The van der Waals surface area contributed by atoms with Gasteiger partial charge in [0, 0.05) is 31.9 Å². The van der Waals surface area contributed by atoms with Gasteiger partial charge in [-0.05, 0) is 50.8 Å². The summed E-state index contributed by atoms with van der Waals surface area (Å²) < 4.78 is 4.35. The Bertz CT molecular complexity index is 480. The molecule has 1 aliphatic heterocycles. The standard InChI is InChI=1S/C18H27Cl3N2O/c1-3-23(4-2)15-10-8-14(9-11-15)17(18(19,20)21)22-13-16-7-5-6-12-24-16/h8-11,16-17,22H,3-7,12-13H2,1-2H3/t16-,17+/m0/s1. The number of benzene rings is 1. The van der Waals surface area contributed by atoms with Gasteiger partial charge >= 0.3 is 0 Å². The van der Waals surface area contributed by atoms with Crippen molar-refractivity contribution in [1.82, 2.24) is 5.32 Å². The monoisotopic (exact) mass is 392 g/mol. The molecule has 1 fully saturated rings. The van der Waals surface area contributed by atoms with Crippen LogP contribution in [0.2, 0.25) is 0 Å². The molecule has 0 spiro atoms. The highest BCUT2D eigenvalue weighted by atomic mass is 35.6. The molecular weight excluding hydrogens is 367 g/mol. The summed E-state index contributed by atoms with van der Waals surface area (Å²) in [5.41, 5.74) is 2.16. The summed E-state index contributed by atoms with van der Waals surface area (Å²) in [7, 11) is 0. The van der Waals surface area contributed by atoms with Crippen LogP contribution >= 0.6 is 34.8 Å². The van der Waals surface area contributed by atoms with E-state index >= 15 is 0 Å². The highest BCUT2D eigenvalue weighted by Crippen LogP contribution is 2.40. The summed E-state index contributed by atoms with van der Waals surface area (Å²) in [6, 6.07) is 7.89. The third kappa shape index (κ3) is 5.67. The zero-order chi connectivity index (χ0) is 17.6. The van der Waals surface area contributed by atoms with Crippen LogP contribution < -0.4 is 10.2 Å². The molecule has 3 nitrogen and oxygen atoms in total. The van der Waals surface area contributed by atoms with Crippen molar-refractivity contribution in [1.29, 1.82) is 0 Å². The van der Waals surface area contributed by atoms with Gasteiger partial charge in [-0.2, -0.15) is 0 Å². The van der Waals surface area contributed by atoms with E-state index in [0.29, 0.717) is 6.54 Å². The van der Waals surface area contributed by atoms with Gasteiger partial charge in [-0.25, -0.2) is 0 Å². The molecule has 1 aromatic rings. The lowest BCUT2D eigenvalue weighted by Crippen LogP contribution is -2.39. The number of anilines is 1. The van der Waals surface area contributed by atoms with Crippen molar-refractivity contribution in [3.63, 3.8) is 0 Å². The Morgan fingerprint density at radius 1 is 1.17 bits per heavy atom. The molecule has 24 heavy (non-hydrogen) atoms. The van der Waals surface area contributed by atoms with Gasteiger partial charge in [0.1, 0.15) is 0 Å². The zero-order valence-electron chi connectivity index (χ0n) is 14.4. The van der Waals surface area contributed by atoms with Crippen LogP contribution in [0.25, 0.3) is 0 Å². The van der Waals surface area contributed by atoms with E-state index in [-0.39, 0.29) is 12.1 Å². The molecule has 1 aromatic carbocycles. The zero-order valence-corrected chi connectivity index (χ0v) is 16.7. The van der Waals surface area contributed by atoms with Crippen molar-refractivity contribution in [3.8, 4) is 0 Å². The SMILES string of the molecule is CCN(CC)c1ccc([C@@H](NC[C@@H]2CCCCO2)C(Cl)(Cl)Cl)cc1. The number of rotatable bonds is 7. The maximum Gasteiger partial charge on any atom is 0.209 e. The minimum Gasteiger partial charge on any atom is -0.377 e. The van der Waals surface area contributed by atoms with Crippen molar-refractivity contribution in [3.05, 3.63) is 29.8 Å². The predicted molar refractivity (Wildman–Crippen MR) is 105 cm³/mol. The smallest absolute Gasteiger partial charge is 0.209 e. The van der Waals surface area contributed by atoms with E-state index < -0.39 is 3.79 Å². The summed E-state index contributed by atoms with van der Waals surface area (Å²) in [6.45, 7) is 7.75. The number of nitrogens with one attached hydrogen (secondary N) is 1. The average Bonchev–Trinajstić information content (AvgIpc) is 2.57. The van der Waals surface area contributed by atoms with E-state index in [0.717, 1.165) is 38.1 Å². The molecule has 0 saturated carbocycles. The maximum absolute atomic E-state index is 6.23. The quantitative estimate of drug-likeness (QED) is 0.652. The number of hydrogen-bond donors (Lipinski definition) is 1. The second kappa shape index (κ2) is 9.49. The first-order valence-corrected chi connectivity index (χ1v) is 9.85. The van der Waals surface area contributed by atoms with Crippen molar-refractivity contribution < 1.29 is 4.74 Å². The topological polar surface area (TPSA) is 24.5 Å². The van der Waals surface area contributed by atoms with E-state index in [1.165, 1.54) is 12.1 Å². The molecule has 1 saturated heterocycles. The lowest BCUT2D eigenvalue weighted by atomic mass is 10.1. The first-order valence-electron chi connectivity index (χ1n) is 8.72. The molecule has 0 radical (unpaired) electrons. The number of alkyl halides is 3. The third-order valence-corrected chi connectivity index (χ3v) is 5.16. The summed E-state index contributed by atoms with van der Waals surface area (Å²) in [5, 5.41) is 3.39. The van der Waals surface area contributed by atoms with Gasteiger partial charge in [-0.3, -0.25) is 0 Å². The van der Waals surface area contributed by atoms with E-state index in [1.54, 1.807) is 0 Å². The minimum absolute atomic E-state index is 0.198. The molecule has 1 heterocycles. The lowest BCUT2D eigenvalue weighted by molar-refractivity contribution is 0.0154. The fourth-order valence-corrected chi connectivity index (χ4v) is 3.72. The summed E-state index contributed by atoms with van der Waals surface area (Å²) in [4.78, 5) is 2.29. The summed E-state index contributed by atoms with van der Waals surface area (Å²) in [5.74, 6) is 0. The molecule has 0 aliphatic carbocycles. The first kappa shape index (κ1) is 20.1. The van der Waals surface area contributed by atoms with E-state index in [4.69, 9.17) is 39.5 Å². The van der Waals surface area contributed by atoms with Gasteiger partial charge in [0.2, 0.25) is 3.79 Å². The number of nitrogens with zero attached hydrogens (tertiary/aromatic N) is 1. The van der Waals surface area contributed by atoms with Gasteiger partial charge in [-0.15, -0.1) is 0 Å². The van der Waals surface area contributed by atoms with E-state index in [9.17, 15) is 0 Å². The molecule has 1 aliphatic rings. The van der Waals surface area contributed by atoms with Crippen molar-refractivity contribution in [2.75, 3.05) is 31.1 Å². The van der Waals surface area contributed by atoms with Crippen LogP contribution in [-0.4, -0.2) is 36.1 Å². The Balaban J connectivity index is 2.06. The highest BCUT2D eigenvalue weighted by molar-refractivity contribution is 6.68. The van der Waals surface area contributed by atoms with E-state index in [2.05, 4.69) is 36.2 Å². The van der Waals surface area contributed by atoms with Gasteiger partial charge in [0.25, 0.3) is 0 Å². The predicted octanol–water partition coefficient (Wildman–Crippen LogP) is 5.10. The van der Waals surface area contributed by atoms with Gasteiger partial charge in [-0.1, -0.05) is 46.9 Å². The molecule has 6 heteroatoms. The first-order chi connectivity index (χ1) is 11.5. The molecule has 2 rings (SSSR count). The average molecular weight is 394 g/mol. The van der Waals surface area contributed by atoms with Gasteiger partial charge < -0.3 is 15.0 Å². The third-order valence-electron chi connectivity index (χ3n) is 4.51. The largest absolute Gasteiger partial charge is 0.377 e. The Hall–Kier alpha value is -0.190.